The number of nitrogens with one attached hydrogen (secondary N) is 1. The molecule has 0 bridgehead atoms. The Hall–Kier alpha value is -0.830. The average molecular weight is 337 g/mol. The Morgan fingerprint density at radius 3 is 2.89 bits per heavy atom. The largest absolute Gasteiger partial charge is 0.309 e. The van der Waals surface area contributed by atoms with Gasteiger partial charge < -0.3 is 5.32 Å². The van der Waals surface area contributed by atoms with Gasteiger partial charge in [0.2, 0.25) is 0 Å². The van der Waals surface area contributed by atoms with E-state index in [0.717, 1.165) is 24.4 Å². The molecule has 1 atom stereocenters. The van der Waals surface area contributed by atoms with E-state index in [2.05, 4.69) is 57.6 Å². The van der Waals surface area contributed by atoms with E-state index in [1.165, 1.54) is 21.2 Å². The summed E-state index contributed by atoms with van der Waals surface area (Å²) in [6.45, 7) is 1.02. The molecule has 0 amide bonds. The second kappa shape index (κ2) is 5.66. The lowest BCUT2D eigenvalue weighted by Crippen LogP contribution is -2.31. The molecule has 1 nitrogen and oxygen atoms in total. The van der Waals surface area contributed by atoms with Gasteiger partial charge in [-0.15, -0.1) is 0 Å². The van der Waals surface area contributed by atoms with E-state index >= 15 is 0 Å². The molecule has 2 aromatic rings. The average Bonchev–Trinajstić information content (AvgIpc) is 2.41. The molecule has 98 valence electrons. The molecule has 19 heavy (non-hydrogen) atoms. The zero-order valence-corrected chi connectivity index (χ0v) is 12.8. The van der Waals surface area contributed by atoms with Crippen molar-refractivity contribution in [3.05, 3.63) is 68.7 Å². The molecule has 0 saturated carbocycles. The van der Waals surface area contributed by atoms with Gasteiger partial charge in [-0.3, -0.25) is 0 Å². The first-order valence-electron chi connectivity index (χ1n) is 6.49. The Kier molecular flexibility index (Phi) is 3.92. The Bertz CT molecular complexity index is 597. The summed E-state index contributed by atoms with van der Waals surface area (Å²) in [5, 5.41) is 4.44. The first kappa shape index (κ1) is 13.2. The van der Waals surface area contributed by atoms with E-state index in [4.69, 9.17) is 11.6 Å². The topological polar surface area (TPSA) is 12.0 Å². The van der Waals surface area contributed by atoms with Crippen molar-refractivity contribution in [1.29, 1.82) is 0 Å². The SMILES string of the molecule is Clc1ccc2c(c1)CCNC2Cc1ccccc1Br. The third kappa shape index (κ3) is 2.86. The van der Waals surface area contributed by atoms with Crippen LogP contribution in [0.5, 0.6) is 0 Å². The molecular formula is C16H15BrClN. The lowest BCUT2D eigenvalue weighted by molar-refractivity contribution is 0.502. The van der Waals surface area contributed by atoms with Crippen molar-refractivity contribution in [1.82, 2.24) is 5.32 Å². The molecule has 0 aromatic heterocycles. The molecule has 0 radical (unpaired) electrons. The Morgan fingerprint density at radius 2 is 2.05 bits per heavy atom. The van der Waals surface area contributed by atoms with Gasteiger partial charge in [-0.25, -0.2) is 0 Å². The van der Waals surface area contributed by atoms with E-state index < -0.39 is 0 Å². The van der Waals surface area contributed by atoms with Gasteiger partial charge >= 0.3 is 0 Å². The molecular weight excluding hydrogens is 322 g/mol. The number of hydrogen-bond donors (Lipinski definition) is 1. The highest BCUT2D eigenvalue weighted by molar-refractivity contribution is 9.10. The first-order valence-corrected chi connectivity index (χ1v) is 7.66. The molecule has 1 heterocycles. The fraction of sp³-hybridized carbons (Fsp3) is 0.250. The van der Waals surface area contributed by atoms with Crippen LogP contribution in [0.4, 0.5) is 0 Å². The fourth-order valence-electron chi connectivity index (χ4n) is 2.69. The van der Waals surface area contributed by atoms with Crippen molar-refractivity contribution in [3.8, 4) is 0 Å². The summed E-state index contributed by atoms with van der Waals surface area (Å²) in [6.07, 6.45) is 2.05. The van der Waals surface area contributed by atoms with E-state index in [0.29, 0.717) is 6.04 Å². The molecule has 0 aliphatic carbocycles. The van der Waals surface area contributed by atoms with E-state index in [9.17, 15) is 0 Å². The number of fused-ring (bicyclic) bond motifs is 1. The summed E-state index contributed by atoms with van der Waals surface area (Å²) in [4.78, 5) is 0. The Balaban J connectivity index is 1.90. The zero-order valence-electron chi connectivity index (χ0n) is 10.5. The van der Waals surface area contributed by atoms with Gasteiger partial charge in [0.05, 0.1) is 0 Å². The normalized spacial score (nSPS) is 18.1. The number of halogens is 2. The summed E-state index contributed by atoms with van der Waals surface area (Å²) in [7, 11) is 0. The van der Waals surface area contributed by atoms with Crippen LogP contribution in [0.1, 0.15) is 22.7 Å². The highest BCUT2D eigenvalue weighted by Gasteiger charge is 2.20. The fourth-order valence-corrected chi connectivity index (χ4v) is 3.33. The third-order valence-corrected chi connectivity index (χ3v) is 4.66. The third-order valence-electron chi connectivity index (χ3n) is 3.65. The molecule has 3 heteroatoms. The standard InChI is InChI=1S/C16H15BrClN/c17-15-4-2-1-3-12(15)10-16-14-6-5-13(18)9-11(14)7-8-19-16/h1-6,9,16,19H,7-8,10H2. The summed E-state index contributed by atoms with van der Waals surface area (Å²) < 4.78 is 1.18. The first-order chi connectivity index (χ1) is 9.24. The lowest BCUT2D eigenvalue weighted by Gasteiger charge is -2.27. The minimum atomic E-state index is 0.375. The van der Waals surface area contributed by atoms with Crippen LogP contribution in [0.25, 0.3) is 0 Å². The van der Waals surface area contributed by atoms with Gasteiger partial charge in [-0.05, 0) is 54.3 Å². The Morgan fingerprint density at radius 1 is 1.21 bits per heavy atom. The van der Waals surface area contributed by atoms with Gasteiger partial charge in [0, 0.05) is 15.5 Å². The van der Waals surface area contributed by atoms with Crippen molar-refractivity contribution >= 4 is 27.5 Å². The molecule has 1 aliphatic heterocycles. The van der Waals surface area contributed by atoms with Gasteiger partial charge in [-0.2, -0.15) is 0 Å². The predicted molar refractivity (Wildman–Crippen MR) is 83.7 cm³/mol. The van der Waals surface area contributed by atoms with E-state index in [1.807, 2.05) is 6.07 Å². The maximum Gasteiger partial charge on any atom is 0.0408 e. The maximum absolute atomic E-state index is 6.08. The lowest BCUT2D eigenvalue weighted by atomic mass is 9.90. The molecule has 1 aliphatic rings. The number of benzene rings is 2. The van der Waals surface area contributed by atoms with Crippen LogP contribution in [-0.2, 0) is 12.8 Å². The van der Waals surface area contributed by atoms with E-state index in [-0.39, 0.29) is 0 Å². The minimum Gasteiger partial charge on any atom is -0.309 e. The van der Waals surface area contributed by atoms with Crippen molar-refractivity contribution in [2.75, 3.05) is 6.54 Å². The van der Waals surface area contributed by atoms with Gasteiger partial charge in [-0.1, -0.05) is 51.8 Å². The van der Waals surface area contributed by atoms with Crippen LogP contribution >= 0.6 is 27.5 Å². The van der Waals surface area contributed by atoms with Gasteiger partial charge in [0.15, 0.2) is 0 Å². The zero-order chi connectivity index (χ0) is 13.2. The molecule has 1 unspecified atom stereocenters. The second-order valence-corrected chi connectivity index (χ2v) is 6.19. The molecule has 0 saturated heterocycles. The quantitative estimate of drug-likeness (QED) is 0.849. The van der Waals surface area contributed by atoms with Crippen molar-refractivity contribution in [3.63, 3.8) is 0 Å². The van der Waals surface area contributed by atoms with Crippen LogP contribution in [0.2, 0.25) is 5.02 Å². The Labute approximate surface area is 127 Å². The van der Waals surface area contributed by atoms with Crippen molar-refractivity contribution < 1.29 is 0 Å². The highest BCUT2D eigenvalue weighted by Crippen LogP contribution is 2.30. The summed E-state index contributed by atoms with van der Waals surface area (Å²) >= 11 is 9.71. The monoisotopic (exact) mass is 335 g/mol. The summed E-state index contributed by atoms with van der Waals surface area (Å²) in [6, 6.07) is 15.0. The second-order valence-electron chi connectivity index (χ2n) is 4.90. The predicted octanol–water partition coefficient (Wildman–Crippen LogP) is 4.53. The molecule has 1 N–H and O–H groups in total. The minimum absolute atomic E-state index is 0.375. The van der Waals surface area contributed by atoms with Crippen LogP contribution in [0, 0.1) is 0 Å². The number of rotatable bonds is 2. The van der Waals surface area contributed by atoms with Crippen LogP contribution < -0.4 is 5.32 Å². The summed E-state index contributed by atoms with van der Waals surface area (Å²) in [5.41, 5.74) is 4.09. The molecule has 2 aromatic carbocycles. The van der Waals surface area contributed by atoms with Crippen LogP contribution in [0.3, 0.4) is 0 Å². The summed E-state index contributed by atoms with van der Waals surface area (Å²) in [5.74, 6) is 0. The van der Waals surface area contributed by atoms with E-state index in [1.54, 1.807) is 0 Å². The number of hydrogen-bond acceptors (Lipinski definition) is 1. The highest BCUT2D eigenvalue weighted by atomic mass is 79.9. The van der Waals surface area contributed by atoms with Crippen LogP contribution in [0.15, 0.2) is 46.9 Å². The maximum atomic E-state index is 6.08. The molecule has 0 spiro atoms. The van der Waals surface area contributed by atoms with Gasteiger partial charge in [0.25, 0.3) is 0 Å². The smallest absolute Gasteiger partial charge is 0.0408 e. The van der Waals surface area contributed by atoms with Gasteiger partial charge in [0.1, 0.15) is 0 Å². The van der Waals surface area contributed by atoms with Crippen LogP contribution in [-0.4, -0.2) is 6.54 Å². The molecule has 3 rings (SSSR count). The van der Waals surface area contributed by atoms with Crippen molar-refractivity contribution in [2.45, 2.75) is 18.9 Å². The molecule has 0 fully saturated rings. The van der Waals surface area contributed by atoms with Crippen molar-refractivity contribution in [2.24, 2.45) is 0 Å².